The summed E-state index contributed by atoms with van der Waals surface area (Å²) >= 11 is 1.88. The van der Waals surface area contributed by atoms with E-state index in [9.17, 15) is 0 Å². The second kappa shape index (κ2) is 17.3. The van der Waals surface area contributed by atoms with E-state index < -0.39 is 0 Å². The second-order valence-corrected chi connectivity index (χ2v) is 7.06. The molecule has 3 N–H and O–H groups in total. The minimum Gasteiger partial charge on any atom is -0.395 e. The van der Waals surface area contributed by atoms with Crippen molar-refractivity contribution in [3.05, 3.63) is 0 Å². The van der Waals surface area contributed by atoms with Crippen molar-refractivity contribution in [2.45, 2.75) is 90.0 Å². The van der Waals surface area contributed by atoms with E-state index >= 15 is 0 Å². The fraction of sp³-hybridized carbons (Fsp3) is 1.00. The summed E-state index contributed by atoms with van der Waals surface area (Å²) in [4.78, 5) is 0. The van der Waals surface area contributed by atoms with Gasteiger partial charge in [-0.3, -0.25) is 0 Å². The first kappa shape index (κ1) is 20.3. The van der Waals surface area contributed by atoms with Gasteiger partial charge in [-0.25, -0.2) is 0 Å². The molecule has 20 heavy (non-hydrogen) atoms. The summed E-state index contributed by atoms with van der Waals surface area (Å²) in [7, 11) is 0. The van der Waals surface area contributed by atoms with E-state index in [0.717, 1.165) is 5.75 Å². The summed E-state index contributed by atoms with van der Waals surface area (Å²) in [6, 6.07) is -0.0303. The summed E-state index contributed by atoms with van der Waals surface area (Å²) in [5, 5.41) is 8.80. The van der Waals surface area contributed by atoms with Gasteiger partial charge in [0.1, 0.15) is 0 Å². The highest BCUT2D eigenvalue weighted by Gasteiger charge is 1.99. The van der Waals surface area contributed by atoms with Crippen molar-refractivity contribution in [2.24, 2.45) is 5.73 Å². The molecule has 0 saturated carbocycles. The first-order chi connectivity index (χ1) is 9.81. The molecule has 0 aliphatic carbocycles. The molecule has 0 radical (unpaired) electrons. The van der Waals surface area contributed by atoms with Gasteiger partial charge in [0.15, 0.2) is 0 Å². The molecule has 0 rings (SSSR count). The largest absolute Gasteiger partial charge is 0.395 e. The number of unbranched alkanes of at least 4 members (excludes halogenated alkanes) is 11. The van der Waals surface area contributed by atoms with Gasteiger partial charge >= 0.3 is 0 Å². The molecule has 0 aliphatic heterocycles. The van der Waals surface area contributed by atoms with Crippen LogP contribution in [0.2, 0.25) is 0 Å². The van der Waals surface area contributed by atoms with Gasteiger partial charge in [-0.2, -0.15) is 11.8 Å². The minimum atomic E-state index is -0.0303. The summed E-state index contributed by atoms with van der Waals surface area (Å²) in [5.74, 6) is 2.10. The van der Waals surface area contributed by atoms with Crippen molar-refractivity contribution in [3.8, 4) is 0 Å². The molecule has 0 bridgehead atoms. The number of nitrogens with two attached hydrogens (primary N) is 1. The summed E-state index contributed by atoms with van der Waals surface area (Å²) in [6.45, 7) is 2.39. The number of hydrogen-bond donors (Lipinski definition) is 2. The third-order valence-electron chi connectivity index (χ3n) is 3.71. The van der Waals surface area contributed by atoms with Crippen molar-refractivity contribution < 1.29 is 5.11 Å². The molecule has 0 aliphatic rings. The Bertz CT molecular complexity index is 178. The molecule has 0 saturated heterocycles. The highest BCUT2D eigenvalue weighted by molar-refractivity contribution is 7.99. The van der Waals surface area contributed by atoms with E-state index in [0.29, 0.717) is 0 Å². The van der Waals surface area contributed by atoms with Crippen molar-refractivity contribution in [1.82, 2.24) is 0 Å². The van der Waals surface area contributed by atoms with Crippen LogP contribution in [0.25, 0.3) is 0 Å². The quantitative estimate of drug-likeness (QED) is 0.405. The molecule has 0 fully saturated rings. The third kappa shape index (κ3) is 16.3. The minimum absolute atomic E-state index is 0.0303. The van der Waals surface area contributed by atoms with Crippen molar-refractivity contribution >= 4 is 11.8 Å². The fourth-order valence-electron chi connectivity index (χ4n) is 2.33. The van der Waals surface area contributed by atoms with Crippen LogP contribution in [-0.2, 0) is 0 Å². The third-order valence-corrected chi connectivity index (χ3v) is 4.95. The van der Waals surface area contributed by atoms with Crippen LogP contribution < -0.4 is 5.73 Å². The molecule has 1 atom stereocenters. The molecule has 0 aromatic heterocycles. The summed E-state index contributed by atoms with van der Waals surface area (Å²) in [5.41, 5.74) is 5.65. The van der Waals surface area contributed by atoms with E-state index in [1.54, 1.807) is 0 Å². The number of aliphatic hydroxyl groups is 1. The topological polar surface area (TPSA) is 46.2 Å². The number of thioether (sulfide) groups is 1. The van der Waals surface area contributed by atoms with Gasteiger partial charge < -0.3 is 10.8 Å². The average Bonchev–Trinajstić information content (AvgIpc) is 2.47. The maximum Gasteiger partial charge on any atom is 0.0590 e. The predicted molar refractivity (Wildman–Crippen MR) is 93.5 cm³/mol. The van der Waals surface area contributed by atoms with Crippen LogP contribution in [0, 0.1) is 0 Å². The van der Waals surface area contributed by atoms with Gasteiger partial charge in [0.2, 0.25) is 0 Å². The van der Waals surface area contributed by atoms with E-state index in [2.05, 4.69) is 6.92 Å². The highest BCUT2D eigenvalue weighted by atomic mass is 32.2. The Kier molecular flexibility index (Phi) is 17.6. The van der Waals surface area contributed by atoms with Crippen LogP contribution in [0.1, 0.15) is 84.0 Å². The fourth-order valence-corrected chi connectivity index (χ4v) is 3.32. The standard InChI is InChI=1S/C17H37NOS/c1-2-3-4-5-6-7-8-9-10-11-12-13-14-20-16-17(18)15-19/h17,19H,2-16,18H2,1H3/t17-/m0/s1. The number of aliphatic hydroxyl groups excluding tert-OH is 1. The Labute approximate surface area is 131 Å². The van der Waals surface area contributed by atoms with Crippen LogP contribution in [0.3, 0.4) is 0 Å². The van der Waals surface area contributed by atoms with E-state index in [4.69, 9.17) is 10.8 Å². The lowest BCUT2D eigenvalue weighted by Gasteiger charge is -2.07. The van der Waals surface area contributed by atoms with Crippen LogP contribution in [-0.4, -0.2) is 29.3 Å². The molecule has 0 heterocycles. The summed E-state index contributed by atoms with van der Waals surface area (Å²) in [6.07, 6.45) is 16.9. The lowest BCUT2D eigenvalue weighted by molar-refractivity contribution is 0.275. The van der Waals surface area contributed by atoms with Gasteiger partial charge in [0.25, 0.3) is 0 Å². The Morgan fingerprint density at radius 2 is 1.25 bits per heavy atom. The van der Waals surface area contributed by atoms with E-state index in [1.165, 1.54) is 82.8 Å². The molecular weight excluding hydrogens is 266 g/mol. The number of hydrogen-bond acceptors (Lipinski definition) is 3. The summed E-state index contributed by atoms with van der Waals surface area (Å²) < 4.78 is 0. The first-order valence-corrected chi connectivity index (χ1v) is 9.91. The van der Waals surface area contributed by atoms with Gasteiger partial charge in [-0.1, -0.05) is 77.6 Å². The Balaban J connectivity index is 2.96. The van der Waals surface area contributed by atoms with Gasteiger partial charge in [0, 0.05) is 11.8 Å². The van der Waals surface area contributed by atoms with Gasteiger partial charge in [-0.05, 0) is 12.2 Å². The zero-order chi connectivity index (χ0) is 14.9. The zero-order valence-electron chi connectivity index (χ0n) is 13.6. The predicted octanol–water partition coefficient (Wildman–Crippen LogP) is 4.74. The molecule has 0 aromatic rings. The Morgan fingerprint density at radius 1 is 0.800 bits per heavy atom. The van der Waals surface area contributed by atoms with Crippen molar-refractivity contribution in [1.29, 1.82) is 0 Å². The Hall–Kier alpha value is 0.270. The molecule has 0 amide bonds. The lowest BCUT2D eigenvalue weighted by atomic mass is 10.1. The van der Waals surface area contributed by atoms with Crippen molar-refractivity contribution in [2.75, 3.05) is 18.1 Å². The zero-order valence-corrected chi connectivity index (χ0v) is 14.4. The maximum absolute atomic E-state index is 8.80. The van der Waals surface area contributed by atoms with Gasteiger partial charge in [0.05, 0.1) is 6.61 Å². The van der Waals surface area contributed by atoms with Crippen LogP contribution in [0.15, 0.2) is 0 Å². The average molecular weight is 304 g/mol. The number of rotatable bonds is 16. The lowest BCUT2D eigenvalue weighted by Crippen LogP contribution is -2.27. The Morgan fingerprint density at radius 3 is 1.70 bits per heavy atom. The molecular formula is C17H37NOS. The van der Waals surface area contributed by atoms with Crippen LogP contribution in [0.4, 0.5) is 0 Å². The highest BCUT2D eigenvalue weighted by Crippen LogP contribution is 2.13. The SMILES string of the molecule is CCCCCCCCCCCCCCSC[C@@H](N)CO. The van der Waals surface area contributed by atoms with Crippen molar-refractivity contribution in [3.63, 3.8) is 0 Å². The molecule has 0 unspecified atom stereocenters. The maximum atomic E-state index is 8.80. The van der Waals surface area contributed by atoms with E-state index in [1.807, 2.05) is 11.8 Å². The second-order valence-electron chi connectivity index (χ2n) is 5.91. The molecule has 0 spiro atoms. The smallest absolute Gasteiger partial charge is 0.0590 e. The molecule has 3 heteroatoms. The normalized spacial score (nSPS) is 12.8. The molecule has 0 aromatic carbocycles. The van der Waals surface area contributed by atoms with E-state index in [-0.39, 0.29) is 12.6 Å². The van der Waals surface area contributed by atoms with Crippen LogP contribution >= 0.6 is 11.8 Å². The first-order valence-electron chi connectivity index (χ1n) is 8.75. The van der Waals surface area contributed by atoms with Crippen LogP contribution in [0.5, 0.6) is 0 Å². The monoisotopic (exact) mass is 303 g/mol. The molecule has 2 nitrogen and oxygen atoms in total. The van der Waals surface area contributed by atoms with Gasteiger partial charge in [-0.15, -0.1) is 0 Å². The molecule has 122 valence electrons.